The van der Waals surface area contributed by atoms with Crippen LogP contribution in [0.4, 0.5) is 5.69 Å². The first-order valence-corrected chi connectivity index (χ1v) is 10.7. The number of hydrogen-bond donors (Lipinski definition) is 0. The van der Waals surface area contributed by atoms with Crippen molar-refractivity contribution in [3.05, 3.63) is 53.6 Å². The predicted octanol–water partition coefficient (Wildman–Crippen LogP) is 4.23. The topological polar surface area (TPSA) is 59.1 Å². The highest BCUT2D eigenvalue weighted by molar-refractivity contribution is 6.00. The molecule has 2 atom stereocenters. The van der Waals surface area contributed by atoms with Crippen molar-refractivity contribution < 1.29 is 19.1 Å². The van der Waals surface area contributed by atoms with E-state index in [0.29, 0.717) is 30.5 Å². The second-order valence-corrected chi connectivity index (χ2v) is 8.12. The first-order chi connectivity index (χ1) is 14.9. The zero-order valence-corrected chi connectivity index (χ0v) is 19.1. The number of carbonyl (C=O) groups excluding carboxylic acids is 2. The summed E-state index contributed by atoms with van der Waals surface area (Å²) in [7, 11) is 4.94. The molecular weight excluding hydrogens is 392 g/mol. The van der Waals surface area contributed by atoms with E-state index < -0.39 is 0 Å². The molecule has 3 rings (SSSR count). The Balaban J connectivity index is 1.76. The maximum atomic E-state index is 13.2. The maximum Gasteiger partial charge on any atom is 0.228 e. The molecule has 6 nitrogen and oxygen atoms in total. The second-order valence-electron chi connectivity index (χ2n) is 8.12. The summed E-state index contributed by atoms with van der Waals surface area (Å²) < 4.78 is 10.8. The number of carbonyl (C=O) groups is 2. The molecule has 1 aliphatic rings. The minimum atomic E-state index is -0.362. The highest BCUT2D eigenvalue weighted by Crippen LogP contribution is 2.35. The summed E-state index contributed by atoms with van der Waals surface area (Å²) in [5.41, 5.74) is 2.94. The first kappa shape index (κ1) is 22.7. The van der Waals surface area contributed by atoms with E-state index >= 15 is 0 Å². The second kappa shape index (κ2) is 9.86. The average molecular weight is 425 g/mol. The Kier molecular flexibility index (Phi) is 7.21. The van der Waals surface area contributed by atoms with Crippen LogP contribution in [0.25, 0.3) is 0 Å². The van der Waals surface area contributed by atoms with Gasteiger partial charge in [0, 0.05) is 37.8 Å². The van der Waals surface area contributed by atoms with Crippen molar-refractivity contribution in [2.24, 2.45) is 5.92 Å². The zero-order chi connectivity index (χ0) is 22.5. The molecular formula is C25H32N2O4. The van der Waals surface area contributed by atoms with Crippen LogP contribution < -0.4 is 14.4 Å². The number of hydrogen-bond acceptors (Lipinski definition) is 4. The molecule has 31 heavy (non-hydrogen) atoms. The third-order valence-electron chi connectivity index (χ3n) is 6.11. The van der Waals surface area contributed by atoms with E-state index in [1.54, 1.807) is 31.1 Å². The van der Waals surface area contributed by atoms with Crippen LogP contribution in [-0.2, 0) is 16.1 Å². The third kappa shape index (κ3) is 4.68. The number of amides is 2. The quantitative estimate of drug-likeness (QED) is 0.636. The van der Waals surface area contributed by atoms with Crippen molar-refractivity contribution in [2.45, 2.75) is 39.2 Å². The molecule has 0 bridgehead atoms. The highest BCUT2D eigenvalue weighted by Gasteiger charge is 2.37. The fourth-order valence-electron chi connectivity index (χ4n) is 4.20. The fraction of sp³-hybridized carbons (Fsp3) is 0.440. The van der Waals surface area contributed by atoms with Gasteiger partial charge in [-0.3, -0.25) is 9.59 Å². The van der Waals surface area contributed by atoms with Crippen LogP contribution >= 0.6 is 0 Å². The van der Waals surface area contributed by atoms with Gasteiger partial charge < -0.3 is 19.3 Å². The largest absolute Gasteiger partial charge is 0.493 e. The van der Waals surface area contributed by atoms with Gasteiger partial charge in [-0.1, -0.05) is 44.2 Å². The summed E-state index contributed by atoms with van der Waals surface area (Å²) in [6.45, 7) is 5.09. The Hall–Kier alpha value is -3.02. The predicted molar refractivity (Wildman–Crippen MR) is 122 cm³/mol. The monoisotopic (exact) mass is 424 g/mol. The van der Waals surface area contributed by atoms with Crippen molar-refractivity contribution in [1.82, 2.24) is 4.90 Å². The van der Waals surface area contributed by atoms with Gasteiger partial charge in [0.15, 0.2) is 11.5 Å². The van der Waals surface area contributed by atoms with E-state index in [-0.39, 0.29) is 24.2 Å². The molecule has 0 N–H and O–H groups in total. The number of rotatable bonds is 8. The van der Waals surface area contributed by atoms with E-state index in [4.69, 9.17) is 9.47 Å². The van der Waals surface area contributed by atoms with E-state index in [1.165, 1.54) is 0 Å². The van der Waals surface area contributed by atoms with Gasteiger partial charge in [0.05, 0.1) is 20.1 Å². The van der Waals surface area contributed by atoms with Crippen LogP contribution in [0.15, 0.2) is 42.5 Å². The van der Waals surface area contributed by atoms with Crippen LogP contribution in [0.1, 0.15) is 43.7 Å². The molecule has 0 radical (unpaired) electrons. The van der Waals surface area contributed by atoms with Gasteiger partial charge >= 0.3 is 0 Å². The summed E-state index contributed by atoms with van der Waals surface area (Å²) in [5.74, 6) is 1.20. The summed E-state index contributed by atoms with van der Waals surface area (Å²) in [6.07, 6.45) is 1.22. The van der Waals surface area contributed by atoms with Crippen molar-refractivity contribution in [3.8, 4) is 11.5 Å². The molecule has 6 heteroatoms. The lowest BCUT2D eigenvalue weighted by molar-refractivity contribution is -0.135. The van der Waals surface area contributed by atoms with Gasteiger partial charge in [-0.2, -0.15) is 0 Å². The summed E-state index contributed by atoms with van der Waals surface area (Å²) in [6, 6.07) is 13.6. The Morgan fingerprint density at radius 1 is 1.16 bits per heavy atom. The number of benzene rings is 2. The molecule has 1 fully saturated rings. The standard InChI is InChI=1S/C25H32N2O4/c1-6-17(2)20-11-7-8-12-21(20)27-16-19(14-23(27)28)25(29)26(3)15-18-10-9-13-22(30-4)24(18)31-5/h7-13,17,19H,6,14-16H2,1-5H3/t17-,19-/m0/s1. The van der Waals surface area contributed by atoms with Crippen molar-refractivity contribution in [2.75, 3.05) is 32.7 Å². The van der Waals surface area contributed by atoms with Gasteiger partial charge in [0.25, 0.3) is 0 Å². The lowest BCUT2D eigenvalue weighted by Crippen LogP contribution is -2.34. The lowest BCUT2D eigenvalue weighted by Gasteiger charge is -2.24. The summed E-state index contributed by atoms with van der Waals surface area (Å²) in [4.78, 5) is 29.5. The van der Waals surface area contributed by atoms with Crippen molar-refractivity contribution >= 4 is 17.5 Å². The molecule has 2 amide bonds. The zero-order valence-electron chi connectivity index (χ0n) is 19.1. The average Bonchev–Trinajstić information content (AvgIpc) is 3.18. The summed E-state index contributed by atoms with van der Waals surface area (Å²) >= 11 is 0. The SMILES string of the molecule is CC[C@H](C)c1ccccc1N1C[C@@H](C(=O)N(C)Cc2cccc(OC)c2OC)CC1=O. The van der Waals surface area contributed by atoms with Gasteiger partial charge in [0.2, 0.25) is 11.8 Å². The van der Waals surface area contributed by atoms with Gasteiger partial charge in [-0.25, -0.2) is 0 Å². The molecule has 0 aliphatic carbocycles. The minimum absolute atomic E-state index is 0.00136. The van der Waals surface area contributed by atoms with Crippen molar-refractivity contribution in [1.29, 1.82) is 0 Å². The number of nitrogens with zero attached hydrogens (tertiary/aromatic N) is 2. The molecule has 1 saturated heterocycles. The molecule has 0 aromatic heterocycles. The molecule has 2 aromatic carbocycles. The Bertz CT molecular complexity index is 943. The fourth-order valence-corrected chi connectivity index (χ4v) is 4.20. The van der Waals surface area contributed by atoms with Crippen LogP contribution in [0, 0.1) is 5.92 Å². The molecule has 1 aliphatic heterocycles. The molecule has 0 unspecified atom stereocenters. The number of para-hydroxylation sites is 2. The summed E-state index contributed by atoms with van der Waals surface area (Å²) in [5, 5.41) is 0. The number of anilines is 1. The van der Waals surface area contributed by atoms with E-state index in [9.17, 15) is 9.59 Å². The molecule has 0 saturated carbocycles. The third-order valence-corrected chi connectivity index (χ3v) is 6.11. The van der Waals surface area contributed by atoms with Gasteiger partial charge in [-0.15, -0.1) is 0 Å². The van der Waals surface area contributed by atoms with Crippen LogP contribution in [0.2, 0.25) is 0 Å². The molecule has 0 spiro atoms. The lowest BCUT2D eigenvalue weighted by atomic mass is 9.96. The normalized spacial score (nSPS) is 16.9. The number of methoxy groups -OCH3 is 2. The molecule has 2 aromatic rings. The van der Waals surface area contributed by atoms with Crippen molar-refractivity contribution in [3.63, 3.8) is 0 Å². The Morgan fingerprint density at radius 3 is 2.58 bits per heavy atom. The Morgan fingerprint density at radius 2 is 1.90 bits per heavy atom. The van der Waals surface area contributed by atoms with Crippen LogP contribution in [0.5, 0.6) is 11.5 Å². The Labute approximate surface area is 184 Å². The van der Waals surface area contributed by atoms with Gasteiger partial charge in [0.1, 0.15) is 0 Å². The van der Waals surface area contributed by atoms with E-state index in [2.05, 4.69) is 19.9 Å². The smallest absolute Gasteiger partial charge is 0.228 e. The highest BCUT2D eigenvalue weighted by atomic mass is 16.5. The molecule has 1 heterocycles. The maximum absolute atomic E-state index is 13.2. The molecule has 166 valence electrons. The first-order valence-electron chi connectivity index (χ1n) is 10.7. The minimum Gasteiger partial charge on any atom is -0.493 e. The van der Waals surface area contributed by atoms with Crippen LogP contribution in [-0.4, -0.2) is 44.5 Å². The number of ether oxygens (including phenoxy) is 2. The van der Waals surface area contributed by atoms with Gasteiger partial charge in [-0.05, 0) is 30.0 Å². The van der Waals surface area contributed by atoms with E-state index in [1.807, 2.05) is 36.4 Å². The van der Waals surface area contributed by atoms with Crippen LogP contribution in [0.3, 0.4) is 0 Å². The van der Waals surface area contributed by atoms with E-state index in [0.717, 1.165) is 23.2 Å².